The van der Waals surface area contributed by atoms with Crippen molar-refractivity contribution in [3.05, 3.63) is 24.3 Å². The van der Waals surface area contributed by atoms with Crippen molar-refractivity contribution < 1.29 is 28.5 Å². The normalized spacial score (nSPS) is 23.8. The third-order valence-electron chi connectivity index (χ3n) is 3.99. The van der Waals surface area contributed by atoms with Crippen molar-refractivity contribution in [2.45, 2.75) is 63.9 Å². The van der Waals surface area contributed by atoms with E-state index in [0.29, 0.717) is 24.4 Å². The van der Waals surface area contributed by atoms with Crippen LogP contribution in [0.25, 0.3) is 0 Å². The van der Waals surface area contributed by atoms with E-state index in [4.69, 9.17) is 18.9 Å². The van der Waals surface area contributed by atoms with E-state index >= 15 is 0 Å². The molecule has 4 unspecified atom stereocenters. The summed E-state index contributed by atoms with van der Waals surface area (Å²) >= 11 is 0. The summed E-state index contributed by atoms with van der Waals surface area (Å²) in [5, 5.41) is 0. The molecule has 134 valence electrons. The van der Waals surface area contributed by atoms with Gasteiger partial charge in [0.05, 0.1) is 13.2 Å². The Bertz CT molecular complexity index is 458. The quantitative estimate of drug-likeness (QED) is 0.249. The summed E-state index contributed by atoms with van der Waals surface area (Å²) in [6.07, 6.45) is 2.66. The van der Waals surface area contributed by atoms with Gasteiger partial charge in [0.1, 0.15) is 24.4 Å². The topological polar surface area (TPSA) is 77.7 Å². The summed E-state index contributed by atoms with van der Waals surface area (Å²) in [4.78, 5) is 23.3. The van der Waals surface area contributed by atoms with Crippen molar-refractivity contribution in [2.75, 3.05) is 13.2 Å². The summed E-state index contributed by atoms with van der Waals surface area (Å²) in [6, 6.07) is 0. The van der Waals surface area contributed by atoms with Crippen LogP contribution in [0.15, 0.2) is 24.3 Å². The largest absolute Gasteiger partial charge is 0.456 e. The molecule has 2 saturated heterocycles. The maximum absolute atomic E-state index is 11.6. The second-order valence-electron chi connectivity index (χ2n) is 6.48. The van der Waals surface area contributed by atoms with E-state index in [0.717, 1.165) is 25.7 Å². The van der Waals surface area contributed by atoms with Gasteiger partial charge in [-0.15, -0.1) is 0 Å². The number of carbonyl (C=O) groups is 2. The van der Waals surface area contributed by atoms with Crippen LogP contribution in [-0.4, -0.2) is 49.6 Å². The second kappa shape index (κ2) is 8.44. The Morgan fingerprint density at radius 3 is 1.50 bits per heavy atom. The Kier molecular flexibility index (Phi) is 6.57. The Hall–Kier alpha value is -1.66. The van der Waals surface area contributed by atoms with E-state index in [2.05, 4.69) is 13.2 Å². The minimum atomic E-state index is -0.379. The molecule has 2 fully saturated rings. The molecule has 0 spiro atoms. The average Bonchev–Trinajstić information content (AvgIpc) is 3.39. The van der Waals surface area contributed by atoms with Crippen LogP contribution in [0, 0.1) is 0 Å². The van der Waals surface area contributed by atoms with Crippen molar-refractivity contribution in [1.29, 1.82) is 0 Å². The molecular formula is C18H26O6. The van der Waals surface area contributed by atoms with E-state index in [9.17, 15) is 9.59 Å². The lowest BCUT2D eigenvalue weighted by Gasteiger charge is -2.18. The molecule has 24 heavy (non-hydrogen) atoms. The molecule has 2 aliphatic rings. The number of carbonyl (C=O) groups excluding carboxylic acids is 2. The van der Waals surface area contributed by atoms with Crippen molar-refractivity contribution >= 4 is 11.9 Å². The first kappa shape index (κ1) is 18.7. The third-order valence-corrected chi connectivity index (χ3v) is 3.99. The highest BCUT2D eigenvalue weighted by Crippen LogP contribution is 2.26. The number of esters is 2. The molecule has 0 aromatic carbocycles. The summed E-state index contributed by atoms with van der Waals surface area (Å²) in [7, 11) is 0. The Morgan fingerprint density at radius 1 is 0.917 bits per heavy atom. The van der Waals surface area contributed by atoms with Gasteiger partial charge in [-0.25, -0.2) is 9.59 Å². The van der Waals surface area contributed by atoms with Gasteiger partial charge in [-0.05, 0) is 39.5 Å². The molecule has 2 heterocycles. The molecule has 6 nitrogen and oxygen atoms in total. The van der Waals surface area contributed by atoms with Gasteiger partial charge >= 0.3 is 11.9 Å². The van der Waals surface area contributed by atoms with Crippen LogP contribution in [-0.2, 0) is 28.5 Å². The average molecular weight is 338 g/mol. The molecule has 0 saturated carbocycles. The van der Waals surface area contributed by atoms with Crippen LogP contribution in [0.5, 0.6) is 0 Å². The lowest BCUT2D eigenvalue weighted by atomic mass is 10.0. The van der Waals surface area contributed by atoms with Gasteiger partial charge in [0.15, 0.2) is 0 Å². The SMILES string of the molecule is C=C(C)C(=O)OC(CCCCC(OC(=O)C(=C)C)C1CO1)C1CO1. The van der Waals surface area contributed by atoms with Crippen LogP contribution in [0.1, 0.15) is 39.5 Å². The minimum Gasteiger partial charge on any atom is -0.456 e. The summed E-state index contributed by atoms with van der Waals surface area (Å²) in [5.41, 5.74) is 0.775. The molecular weight excluding hydrogens is 312 g/mol. The fraction of sp³-hybridized carbons (Fsp3) is 0.667. The van der Waals surface area contributed by atoms with Crippen LogP contribution >= 0.6 is 0 Å². The second-order valence-corrected chi connectivity index (χ2v) is 6.48. The summed E-state index contributed by atoms with van der Waals surface area (Å²) in [5.74, 6) is -0.759. The number of hydrogen-bond donors (Lipinski definition) is 0. The predicted octanol–water partition coefficient (Wildman–Crippen LogP) is 2.32. The highest BCUT2D eigenvalue weighted by atomic mass is 16.6. The Balaban J connectivity index is 1.71. The number of epoxide rings is 2. The molecule has 6 heteroatoms. The zero-order valence-electron chi connectivity index (χ0n) is 14.4. The van der Waals surface area contributed by atoms with Gasteiger partial charge in [-0.3, -0.25) is 0 Å². The maximum Gasteiger partial charge on any atom is 0.333 e. The monoisotopic (exact) mass is 338 g/mol. The first-order valence-corrected chi connectivity index (χ1v) is 8.34. The van der Waals surface area contributed by atoms with Gasteiger partial charge < -0.3 is 18.9 Å². The molecule has 0 N–H and O–H groups in total. The molecule has 0 aromatic rings. The van der Waals surface area contributed by atoms with Gasteiger partial charge in [0, 0.05) is 11.1 Å². The number of unbranched alkanes of at least 4 members (excludes halogenated alkanes) is 1. The highest BCUT2D eigenvalue weighted by molar-refractivity contribution is 5.87. The maximum atomic E-state index is 11.6. The number of ether oxygens (including phenoxy) is 4. The molecule has 2 aliphatic heterocycles. The Morgan fingerprint density at radius 2 is 1.25 bits per heavy atom. The number of hydrogen-bond acceptors (Lipinski definition) is 6. The minimum absolute atomic E-state index is 0.00268. The van der Waals surface area contributed by atoms with Crippen LogP contribution in [0.2, 0.25) is 0 Å². The zero-order chi connectivity index (χ0) is 17.7. The molecule has 0 aromatic heterocycles. The third kappa shape index (κ3) is 6.09. The molecule has 0 aliphatic carbocycles. The van der Waals surface area contributed by atoms with Crippen molar-refractivity contribution in [1.82, 2.24) is 0 Å². The predicted molar refractivity (Wildman–Crippen MR) is 87.3 cm³/mol. The molecule has 0 amide bonds. The lowest BCUT2D eigenvalue weighted by Crippen LogP contribution is -2.25. The van der Waals surface area contributed by atoms with Gasteiger partial charge in [0.2, 0.25) is 0 Å². The van der Waals surface area contributed by atoms with E-state index in [1.165, 1.54) is 0 Å². The van der Waals surface area contributed by atoms with E-state index < -0.39 is 0 Å². The molecule has 0 bridgehead atoms. The smallest absolute Gasteiger partial charge is 0.333 e. The fourth-order valence-corrected chi connectivity index (χ4v) is 2.35. The van der Waals surface area contributed by atoms with Crippen LogP contribution in [0.3, 0.4) is 0 Å². The van der Waals surface area contributed by atoms with E-state index in [1.54, 1.807) is 13.8 Å². The van der Waals surface area contributed by atoms with Crippen LogP contribution < -0.4 is 0 Å². The Labute approximate surface area is 142 Å². The van der Waals surface area contributed by atoms with Crippen molar-refractivity contribution in [3.63, 3.8) is 0 Å². The van der Waals surface area contributed by atoms with Crippen LogP contribution in [0.4, 0.5) is 0 Å². The highest BCUT2D eigenvalue weighted by Gasteiger charge is 2.37. The van der Waals surface area contributed by atoms with Gasteiger partial charge in [-0.1, -0.05) is 13.2 Å². The molecule has 0 radical (unpaired) electrons. The first-order chi connectivity index (χ1) is 11.4. The molecule has 2 rings (SSSR count). The standard InChI is InChI=1S/C18H26O6/c1-11(2)17(19)23-13(15-9-21-15)7-5-6-8-14(16-10-22-16)24-18(20)12(3)4/h13-16H,1,3,5-10H2,2,4H3. The van der Waals surface area contributed by atoms with E-state index in [-0.39, 0.29) is 36.4 Å². The fourth-order valence-electron chi connectivity index (χ4n) is 2.35. The first-order valence-electron chi connectivity index (χ1n) is 8.34. The molecule has 4 atom stereocenters. The number of rotatable bonds is 11. The van der Waals surface area contributed by atoms with Crippen molar-refractivity contribution in [3.8, 4) is 0 Å². The summed E-state index contributed by atoms with van der Waals surface area (Å²) < 4.78 is 21.3. The van der Waals surface area contributed by atoms with Gasteiger partial charge in [0.25, 0.3) is 0 Å². The lowest BCUT2D eigenvalue weighted by molar-refractivity contribution is -0.147. The van der Waals surface area contributed by atoms with Gasteiger partial charge in [-0.2, -0.15) is 0 Å². The van der Waals surface area contributed by atoms with E-state index in [1.807, 2.05) is 0 Å². The summed E-state index contributed by atoms with van der Waals surface area (Å²) in [6.45, 7) is 11.7. The van der Waals surface area contributed by atoms with Crippen molar-refractivity contribution in [2.24, 2.45) is 0 Å². The zero-order valence-corrected chi connectivity index (χ0v) is 14.4.